The van der Waals surface area contributed by atoms with Crippen LogP contribution in [-0.4, -0.2) is 18.1 Å². The number of rotatable bonds is 1. The van der Waals surface area contributed by atoms with E-state index in [1.54, 1.807) is 6.20 Å². The van der Waals surface area contributed by atoms with Gasteiger partial charge in [0.05, 0.1) is 5.56 Å². The van der Waals surface area contributed by atoms with E-state index in [1.807, 2.05) is 12.1 Å². The quantitative estimate of drug-likeness (QED) is 0.699. The summed E-state index contributed by atoms with van der Waals surface area (Å²) >= 11 is 0. The van der Waals surface area contributed by atoms with Crippen LogP contribution in [0.1, 0.15) is 25.8 Å². The first kappa shape index (κ1) is 9.97. The van der Waals surface area contributed by atoms with E-state index in [1.165, 1.54) is 0 Å². The molecule has 0 saturated carbocycles. The van der Waals surface area contributed by atoms with Gasteiger partial charge in [-0.3, -0.25) is 0 Å². The van der Waals surface area contributed by atoms with Gasteiger partial charge in [0.25, 0.3) is 0 Å². The second-order valence-electron chi connectivity index (χ2n) is 4.82. The number of pyridine rings is 1. The van der Waals surface area contributed by atoms with Gasteiger partial charge in [-0.05, 0) is 24.0 Å². The van der Waals surface area contributed by atoms with Crippen LogP contribution in [0.15, 0.2) is 18.3 Å². The Kier molecular flexibility index (Phi) is 2.36. The SMILES string of the molecule is CC1(C)CCN(c2ncccc2C#N)C1. The zero-order valence-electron chi connectivity index (χ0n) is 9.20. The molecule has 78 valence electrons. The minimum Gasteiger partial charge on any atom is -0.355 e. The number of hydrogen-bond acceptors (Lipinski definition) is 3. The molecule has 2 heterocycles. The van der Waals surface area contributed by atoms with Gasteiger partial charge in [-0.25, -0.2) is 4.98 Å². The highest BCUT2D eigenvalue weighted by atomic mass is 15.2. The molecule has 0 bridgehead atoms. The number of anilines is 1. The van der Waals surface area contributed by atoms with E-state index in [-0.39, 0.29) is 0 Å². The summed E-state index contributed by atoms with van der Waals surface area (Å²) in [5.41, 5.74) is 1.01. The molecule has 3 heteroatoms. The Labute approximate surface area is 90.4 Å². The van der Waals surface area contributed by atoms with Gasteiger partial charge in [0.15, 0.2) is 0 Å². The van der Waals surface area contributed by atoms with Crippen LogP contribution in [0.3, 0.4) is 0 Å². The summed E-state index contributed by atoms with van der Waals surface area (Å²) in [5.74, 6) is 0.838. The summed E-state index contributed by atoms with van der Waals surface area (Å²) in [4.78, 5) is 6.51. The number of aromatic nitrogens is 1. The molecule has 0 atom stereocenters. The van der Waals surface area contributed by atoms with Crippen molar-refractivity contribution in [3.8, 4) is 6.07 Å². The predicted octanol–water partition coefficient (Wildman–Crippen LogP) is 2.19. The lowest BCUT2D eigenvalue weighted by molar-refractivity contribution is 0.418. The Morgan fingerprint density at radius 1 is 1.53 bits per heavy atom. The lowest BCUT2D eigenvalue weighted by Crippen LogP contribution is -2.24. The standard InChI is InChI=1S/C12H15N3/c1-12(2)5-7-15(9-12)11-10(8-13)4-3-6-14-11/h3-4,6H,5,7,9H2,1-2H3. The van der Waals surface area contributed by atoms with Crippen molar-refractivity contribution < 1.29 is 0 Å². The zero-order chi connectivity index (χ0) is 10.9. The molecule has 0 aromatic carbocycles. The molecule has 0 radical (unpaired) electrons. The molecule has 0 spiro atoms. The van der Waals surface area contributed by atoms with Crippen molar-refractivity contribution in [1.82, 2.24) is 4.98 Å². The fourth-order valence-corrected chi connectivity index (χ4v) is 2.03. The maximum Gasteiger partial charge on any atom is 0.146 e. The molecular formula is C12H15N3. The Balaban J connectivity index is 2.28. The molecule has 1 fully saturated rings. The van der Waals surface area contributed by atoms with Crippen molar-refractivity contribution in [3.63, 3.8) is 0 Å². The third-order valence-corrected chi connectivity index (χ3v) is 2.88. The molecule has 0 amide bonds. The Morgan fingerprint density at radius 3 is 2.93 bits per heavy atom. The Hall–Kier alpha value is -1.56. The molecule has 1 aliphatic rings. The smallest absolute Gasteiger partial charge is 0.146 e. The lowest BCUT2D eigenvalue weighted by Gasteiger charge is -2.21. The summed E-state index contributed by atoms with van der Waals surface area (Å²) in [6, 6.07) is 5.83. The minimum absolute atomic E-state index is 0.338. The van der Waals surface area contributed by atoms with Crippen LogP contribution in [0.2, 0.25) is 0 Å². The lowest BCUT2D eigenvalue weighted by atomic mass is 9.93. The molecule has 0 aliphatic carbocycles. The third kappa shape index (κ3) is 1.94. The summed E-state index contributed by atoms with van der Waals surface area (Å²) in [5, 5.41) is 8.99. The third-order valence-electron chi connectivity index (χ3n) is 2.88. The highest BCUT2D eigenvalue weighted by molar-refractivity contribution is 5.54. The average molecular weight is 201 g/mol. The molecular weight excluding hydrogens is 186 g/mol. The van der Waals surface area contributed by atoms with E-state index < -0.39 is 0 Å². The van der Waals surface area contributed by atoms with E-state index in [0.29, 0.717) is 11.0 Å². The first-order chi connectivity index (χ1) is 7.12. The number of hydrogen-bond donors (Lipinski definition) is 0. The van der Waals surface area contributed by atoms with Gasteiger partial charge in [-0.15, -0.1) is 0 Å². The van der Waals surface area contributed by atoms with Gasteiger partial charge in [-0.2, -0.15) is 5.26 Å². The predicted molar refractivity (Wildman–Crippen MR) is 59.6 cm³/mol. The fraction of sp³-hybridized carbons (Fsp3) is 0.500. The molecule has 1 aliphatic heterocycles. The largest absolute Gasteiger partial charge is 0.355 e. The molecule has 1 aromatic rings. The van der Waals surface area contributed by atoms with Gasteiger partial charge < -0.3 is 4.90 Å². The van der Waals surface area contributed by atoms with Crippen molar-refractivity contribution in [2.75, 3.05) is 18.0 Å². The topological polar surface area (TPSA) is 39.9 Å². The van der Waals surface area contributed by atoms with Crippen LogP contribution < -0.4 is 4.90 Å². The van der Waals surface area contributed by atoms with Crippen molar-refractivity contribution in [3.05, 3.63) is 23.9 Å². The summed E-state index contributed by atoms with van der Waals surface area (Å²) in [7, 11) is 0. The van der Waals surface area contributed by atoms with Crippen molar-refractivity contribution in [2.45, 2.75) is 20.3 Å². The molecule has 2 rings (SSSR count). The second-order valence-corrected chi connectivity index (χ2v) is 4.82. The molecule has 0 unspecified atom stereocenters. The van der Waals surface area contributed by atoms with Crippen LogP contribution in [0, 0.1) is 16.7 Å². The van der Waals surface area contributed by atoms with Crippen molar-refractivity contribution in [1.29, 1.82) is 5.26 Å². The molecule has 3 nitrogen and oxygen atoms in total. The Bertz CT molecular complexity index is 404. The normalized spacial score (nSPS) is 18.9. The monoisotopic (exact) mass is 201 g/mol. The highest BCUT2D eigenvalue weighted by Gasteiger charge is 2.30. The van der Waals surface area contributed by atoms with Crippen LogP contribution in [0.25, 0.3) is 0 Å². The van der Waals surface area contributed by atoms with Gasteiger partial charge in [0.1, 0.15) is 11.9 Å². The molecule has 1 aromatic heterocycles. The van der Waals surface area contributed by atoms with Crippen molar-refractivity contribution in [2.24, 2.45) is 5.41 Å². The van der Waals surface area contributed by atoms with Crippen LogP contribution >= 0.6 is 0 Å². The molecule has 15 heavy (non-hydrogen) atoms. The van der Waals surface area contributed by atoms with E-state index in [2.05, 4.69) is 29.8 Å². The fourth-order valence-electron chi connectivity index (χ4n) is 2.03. The molecule has 1 saturated heterocycles. The van der Waals surface area contributed by atoms with Gasteiger partial charge >= 0.3 is 0 Å². The van der Waals surface area contributed by atoms with Crippen molar-refractivity contribution >= 4 is 5.82 Å². The van der Waals surface area contributed by atoms with Crippen LogP contribution in [0.4, 0.5) is 5.82 Å². The van der Waals surface area contributed by atoms with Gasteiger partial charge in [0, 0.05) is 19.3 Å². The Morgan fingerprint density at radius 2 is 2.33 bits per heavy atom. The maximum atomic E-state index is 8.99. The van der Waals surface area contributed by atoms with Gasteiger partial charge in [0.2, 0.25) is 0 Å². The second kappa shape index (κ2) is 3.54. The average Bonchev–Trinajstić information content (AvgIpc) is 2.59. The van der Waals surface area contributed by atoms with E-state index in [4.69, 9.17) is 5.26 Å². The van der Waals surface area contributed by atoms with Crippen LogP contribution in [-0.2, 0) is 0 Å². The highest BCUT2D eigenvalue weighted by Crippen LogP contribution is 2.32. The maximum absolute atomic E-state index is 8.99. The molecule has 0 N–H and O–H groups in total. The van der Waals surface area contributed by atoms with E-state index >= 15 is 0 Å². The summed E-state index contributed by atoms with van der Waals surface area (Å²) in [6.45, 7) is 6.49. The first-order valence-electron chi connectivity index (χ1n) is 5.22. The first-order valence-corrected chi connectivity index (χ1v) is 5.22. The summed E-state index contributed by atoms with van der Waals surface area (Å²) < 4.78 is 0. The van der Waals surface area contributed by atoms with E-state index in [9.17, 15) is 0 Å². The van der Waals surface area contributed by atoms with Gasteiger partial charge in [-0.1, -0.05) is 13.8 Å². The summed E-state index contributed by atoms with van der Waals surface area (Å²) in [6.07, 6.45) is 2.91. The number of nitrogens with zero attached hydrogens (tertiary/aromatic N) is 3. The van der Waals surface area contributed by atoms with E-state index in [0.717, 1.165) is 25.3 Å². The number of nitriles is 1. The van der Waals surface area contributed by atoms with Crippen LogP contribution in [0.5, 0.6) is 0 Å². The minimum atomic E-state index is 0.338. The zero-order valence-corrected chi connectivity index (χ0v) is 9.20.